The highest BCUT2D eigenvalue weighted by Gasteiger charge is 2.23. The Kier molecular flexibility index (Phi) is 7.81. The fourth-order valence-electron chi connectivity index (χ4n) is 2.34. The maximum Gasteiger partial charge on any atom is 0.341 e. The number of aromatic nitrogens is 1. The summed E-state index contributed by atoms with van der Waals surface area (Å²) in [7, 11) is 1.25. The van der Waals surface area contributed by atoms with Crippen LogP contribution in [0, 0.1) is 0 Å². The van der Waals surface area contributed by atoms with Gasteiger partial charge in [-0.25, -0.2) is 14.6 Å². The molecule has 1 N–H and O–H groups in total. The molecule has 1 heterocycles. The van der Waals surface area contributed by atoms with Crippen molar-refractivity contribution >= 4 is 29.6 Å². The van der Waals surface area contributed by atoms with Crippen molar-refractivity contribution in [3.05, 3.63) is 59.8 Å². The van der Waals surface area contributed by atoms with Crippen LogP contribution in [0.4, 0.5) is 0 Å². The molecule has 0 aliphatic carbocycles. The summed E-state index contributed by atoms with van der Waals surface area (Å²) in [4.78, 5) is 40.3. The van der Waals surface area contributed by atoms with Crippen molar-refractivity contribution in [3.8, 4) is 0 Å². The predicted molar refractivity (Wildman–Crippen MR) is 100 cm³/mol. The van der Waals surface area contributed by atoms with E-state index in [4.69, 9.17) is 9.47 Å². The Bertz CT molecular complexity index is 798. The molecule has 0 unspecified atom stereocenters. The van der Waals surface area contributed by atoms with Crippen LogP contribution in [0.15, 0.2) is 53.7 Å². The zero-order valence-corrected chi connectivity index (χ0v) is 15.8. The largest absolute Gasteiger partial charge is 0.467 e. The summed E-state index contributed by atoms with van der Waals surface area (Å²) >= 11 is 1.30. The molecule has 0 aliphatic rings. The number of hydrogen-bond acceptors (Lipinski definition) is 7. The van der Waals surface area contributed by atoms with Crippen molar-refractivity contribution in [1.29, 1.82) is 0 Å². The molecule has 8 heteroatoms. The smallest absolute Gasteiger partial charge is 0.341 e. The van der Waals surface area contributed by atoms with E-state index in [-0.39, 0.29) is 12.0 Å². The second-order valence-corrected chi connectivity index (χ2v) is 6.26. The van der Waals surface area contributed by atoms with Crippen LogP contribution < -0.4 is 5.32 Å². The second kappa shape index (κ2) is 10.3. The van der Waals surface area contributed by atoms with Crippen molar-refractivity contribution < 1.29 is 23.9 Å². The van der Waals surface area contributed by atoms with E-state index >= 15 is 0 Å². The normalized spacial score (nSPS) is 11.3. The third kappa shape index (κ3) is 6.10. The zero-order valence-electron chi connectivity index (χ0n) is 15.0. The van der Waals surface area contributed by atoms with Crippen LogP contribution in [0.5, 0.6) is 0 Å². The van der Waals surface area contributed by atoms with Crippen LogP contribution in [0.2, 0.25) is 0 Å². The van der Waals surface area contributed by atoms with Crippen molar-refractivity contribution in [1.82, 2.24) is 10.3 Å². The predicted octanol–water partition coefficient (Wildman–Crippen LogP) is 1.86. The summed E-state index contributed by atoms with van der Waals surface area (Å²) < 4.78 is 9.78. The third-order valence-corrected chi connectivity index (χ3v) is 4.33. The van der Waals surface area contributed by atoms with Gasteiger partial charge in [-0.3, -0.25) is 4.79 Å². The van der Waals surface area contributed by atoms with E-state index in [9.17, 15) is 14.4 Å². The van der Waals surface area contributed by atoms with E-state index in [1.54, 1.807) is 24.6 Å². The Hall–Kier alpha value is -2.87. The average molecular weight is 388 g/mol. The third-order valence-electron chi connectivity index (χ3n) is 3.62. The standard InChI is InChI=1S/C19H20N2O5S/c1-25-19(24)15(11-13-7-4-3-5-8-13)21-16(22)12-26-18(23)14-9-6-10-20-17(14)27-2/h3-10,15H,11-12H2,1-2H3,(H,21,22)/t15-/m1/s1. The highest BCUT2D eigenvalue weighted by molar-refractivity contribution is 7.98. The number of thioether (sulfide) groups is 1. The molecule has 0 radical (unpaired) electrons. The van der Waals surface area contributed by atoms with E-state index in [1.165, 1.54) is 18.9 Å². The molecule has 0 saturated carbocycles. The van der Waals surface area contributed by atoms with Gasteiger partial charge in [-0.15, -0.1) is 11.8 Å². The van der Waals surface area contributed by atoms with Gasteiger partial charge in [0.05, 0.1) is 12.7 Å². The van der Waals surface area contributed by atoms with Gasteiger partial charge in [-0.2, -0.15) is 0 Å². The molecule has 0 bridgehead atoms. The van der Waals surface area contributed by atoms with Crippen molar-refractivity contribution in [2.75, 3.05) is 20.0 Å². The van der Waals surface area contributed by atoms with Crippen molar-refractivity contribution in [2.45, 2.75) is 17.5 Å². The first-order valence-electron chi connectivity index (χ1n) is 8.12. The Balaban J connectivity index is 1.95. The van der Waals surface area contributed by atoms with Crippen LogP contribution in [0.1, 0.15) is 15.9 Å². The number of nitrogens with zero attached hydrogens (tertiary/aromatic N) is 1. The average Bonchev–Trinajstić information content (AvgIpc) is 2.71. The van der Waals surface area contributed by atoms with Crippen molar-refractivity contribution in [2.24, 2.45) is 0 Å². The maximum absolute atomic E-state index is 12.1. The Morgan fingerprint density at radius 2 is 1.89 bits per heavy atom. The molecule has 142 valence electrons. The summed E-state index contributed by atoms with van der Waals surface area (Å²) in [5, 5.41) is 3.05. The summed E-state index contributed by atoms with van der Waals surface area (Å²) in [5.41, 5.74) is 1.15. The number of benzene rings is 1. The minimum Gasteiger partial charge on any atom is -0.467 e. The molecular formula is C19H20N2O5S. The summed E-state index contributed by atoms with van der Waals surface area (Å²) in [6.45, 7) is -0.510. The zero-order chi connectivity index (χ0) is 19.6. The molecular weight excluding hydrogens is 368 g/mol. The van der Waals surface area contributed by atoms with Gasteiger partial charge in [0.15, 0.2) is 6.61 Å². The quantitative estimate of drug-likeness (QED) is 0.545. The van der Waals surface area contributed by atoms with Gasteiger partial charge >= 0.3 is 11.9 Å². The highest BCUT2D eigenvalue weighted by atomic mass is 32.2. The van der Waals surface area contributed by atoms with Crippen LogP contribution >= 0.6 is 11.8 Å². The van der Waals surface area contributed by atoms with E-state index in [2.05, 4.69) is 10.3 Å². The van der Waals surface area contributed by atoms with E-state index in [0.717, 1.165) is 5.56 Å². The van der Waals surface area contributed by atoms with Crippen LogP contribution in [0.3, 0.4) is 0 Å². The number of nitrogens with one attached hydrogen (secondary N) is 1. The molecule has 7 nitrogen and oxygen atoms in total. The Morgan fingerprint density at radius 3 is 2.56 bits per heavy atom. The van der Waals surface area contributed by atoms with Gasteiger partial charge < -0.3 is 14.8 Å². The molecule has 0 spiro atoms. The lowest BCUT2D eigenvalue weighted by Crippen LogP contribution is -2.44. The molecule has 2 rings (SSSR count). The molecule has 1 amide bonds. The first-order valence-corrected chi connectivity index (χ1v) is 9.35. The lowest BCUT2D eigenvalue weighted by molar-refractivity contribution is -0.145. The van der Waals surface area contributed by atoms with Crippen molar-refractivity contribution in [3.63, 3.8) is 0 Å². The minimum absolute atomic E-state index is 0.270. The Labute approximate surface area is 161 Å². The highest BCUT2D eigenvalue weighted by Crippen LogP contribution is 2.17. The van der Waals surface area contributed by atoms with Gasteiger partial charge in [0, 0.05) is 12.6 Å². The van der Waals surface area contributed by atoms with Gasteiger partial charge in [-0.1, -0.05) is 30.3 Å². The molecule has 1 aromatic heterocycles. The van der Waals surface area contributed by atoms with Gasteiger partial charge in [0.2, 0.25) is 0 Å². The number of hydrogen-bond donors (Lipinski definition) is 1. The number of ether oxygens (including phenoxy) is 2. The maximum atomic E-state index is 12.1. The van der Waals surface area contributed by atoms with E-state index in [0.29, 0.717) is 5.03 Å². The summed E-state index contributed by atoms with van der Waals surface area (Å²) in [5.74, 6) is -1.82. The van der Waals surface area contributed by atoms with E-state index in [1.807, 2.05) is 30.3 Å². The molecule has 1 aromatic carbocycles. The first-order chi connectivity index (χ1) is 13.0. The monoisotopic (exact) mass is 388 g/mol. The second-order valence-electron chi connectivity index (χ2n) is 5.47. The van der Waals surface area contributed by atoms with Crippen LogP contribution in [-0.2, 0) is 25.5 Å². The lowest BCUT2D eigenvalue weighted by atomic mass is 10.1. The fraction of sp³-hybridized carbons (Fsp3) is 0.263. The number of carbonyl (C=O) groups excluding carboxylic acids is 3. The Morgan fingerprint density at radius 1 is 1.15 bits per heavy atom. The fourth-order valence-corrected chi connectivity index (χ4v) is 2.88. The molecule has 27 heavy (non-hydrogen) atoms. The number of rotatable bonds is 8. The SMILES string of the molecule is COC(=O)[C@@H](Cc1ccccc1)NC(=O)COC(=O)c1cccnc1SC. The van der Waals surface area contributed by atoms with Gasteiger partial charge in [0.25, 0.3) is 5.91 Å². The van der Waals surface area contributed by atoms with Gasteiger partial charge in [-0.05, 0) is 24.0 Å². The molecule has 0 saturated heterocycles. The number of amides is 1. The topological polar surface area (TPSA) is 94.6 Å². The molecule has 0 fully saturated rings. The summed E-state index contributed by atoms with van der Waals surface area (Å²) in [6.07, 6.45) is 3.63. The van der Waals surface area contributed by atoms with Gasteiger partial charge in [0.1, 0.15) is 11.1 Å². The molecule has 2 aromatic rings. The number of pyridine rings is 1. The van der Waals surface area contributed by atoms with E-state index < -0.39 is 30.5 Å². The lowest BCUT2D eigenvalue weighted by Gasteiger charge is -2.16. The van der Waals surface area contributed by atoms with Crippen LogP contribution in [-0.4, -0.2) is 48.8 Å². The molecule has 0 aliphatic heterocycles. The minimum atomic E-state index is -0.872. The first kappa shape index (κ1) is 20.4. The molecule has 1 atom stereocenters. The number of carbonyl (C=O) groups is 3. The summed E-state index contributed by atoms with van der Waals surface area (Å²) in [6, 6.07) is 11.5. The van der Waals surface area contributed by atoms with Crippen LogP contribution in [0.25, 0.3) is 0 Å². The number of esters is 2. The number of methoxy groups -OCH3 is 1.